The van der Waals surface area contributed by atoms with Gasteiger partial charge in [-0.3, -0.25) is 4.90 Å². The van der Waals surface area contributed by atoms with Gasteiger partial charge < -0.3 is 10.2 Å². The van der Waals surface area contributed by atoms with Gasteiger partial charge in [0.2, 0.25) is 0 Å². The Morgan fingerprint density at radius 2 is 2.22 bits per heavy atom. The maximum atomic E-state index is 13.7. The van der Waals surface area contributed by atoms with Crippen molar-refractivity contribution in [2.75, 3.05) is 13.2 Å². The normalized spacial score (nSPS) is 22.3. The highest BCUT2D eigenvalue weighted by molar-refractivity contribution is 5.23. The van der Waals surface area contributed by atoms with Gasteiger partial charge in [-0.25, -0.2) is 8.78 Å². The zero-order valence-electron chi connectivity index (χ0n) is 9.89. The summed E-state index contributed by atoms with van der Waals surface area (Å²) in [4.78, 5) is 1.66. The van der Waals surface area contributed by atoms with Crippen LogP contribution in [0.3, 0.4) is 0 Å². The van der Waals surface area contributed by atoms with E-state index in [9.17, 15) is 13.9 Å². The highest BCUT2D eigenvalue weighted by Gasteiger charge is 2.32. The van der Waals surface area contributed by atoms with E-state index in [1.54, 1.807) is 4.90 Å². The van der Waals surface area contributed by atoms with E-state index in [0.29, 0.717) is 13.0 Å². The molecule has 0 aromatic heterocycles. The number of aliphatic hydroxyl groups excluding tert-OH is 2. The highest BCUT2D eigenvalue weighted by atomic mass is 19.1. The van der Waals surface area contributed by atoms with E-state index in [0.717, 1.165) is 18.6 Å². The molecule has 1 radical (unpaired) electrons. The standard InChI is InChI=1S/C13H16F2NO2/c14-9-3-4-11(15)10(8-9)12-2-1-6-16(12)13(18)5-7-17/h3-5,8,12-13,17-18H,1-2,6-7H2/t12-,13?/m1/s1. The number of halogens is 2. The lowest BCUT2D eigenvalue weighted by atomic mass is 10.0. The molecular formula is C13H16F2NO2. The van der Waals surface area contributed by atoms with Crippen LogP contribution < -0.4 is 0 Å². The second-order valence-corrected chi connectivity index (χ2v) is 4.39. The number of likely N-dealkylation sites (tertiary alicyclic amines) is 1. The third-order valence-corrected chi connectivity index (χ3v) is 3.27. The molecule has 5 heteroatoms. The summed E-state index contributed by atoms with van der Waals surface area (Å²) in [5.41, 5.74) is 0.262. The van der Waals surface area contributed by atoms with Crippen molar-refractivity contribution in [3.8, 4) is 0 Å². The maximum Gasteiger partial charge on any atom is 0.128 e. The SMILES string of the molecule is OC[CH]C(O)N1CCC[C@@H]1c1cc(F)ccc1F. The van der Waals surface area contributed by atoms with Gasteiger partial charge in [0.05, 0.1) is 6.61 Å². The molecule has 1 aliphatic heterocycles. The van der Waals surface area contributed by atoms with Crippen molar-refractivity contribution in [2.24, 2.45) is 0 Å². The van der Waals surface area contributed by atoms with Gasteiger partial charge in [0.25, 0.3) is 0 Å². The van der Waals surface area contributed by atoms with Crippen LogP contribution in [-0.4, -0.2) is 34.5 Å². The van der Waals surface area contributed by atoms with Crippen molar-refractivity contribution in [2.45, 2.75) is 25.1 Å². The van der Waals surface area contributed by atoms with E-state index in [2.05, 4.69) is 0 Å². The summed E-state index contributed by atoms with van der Waals surface area (Å²) in [5, 5.41) is 18.6. The first-order valence-corrected chi connectivity index (χ1v) is 5.96. The largest absolute Gasteiger partial charge is 0.396 e. The molecule has 99 valence electrons. The van der Waals surface area contributed by atoms with Gasteiger partial charge in [-0.15, -0.1) is 0 Å². The summed E-state index contributed by atoms with van der Waals surface area (Å²) >= 11 is 0. The number of hydrogen-bond donors (Lipinski definition) is 2. The van der Waals surface area contributed by atoms with Gasteiger partial charge in [-0.05, 0) is 31.0 Å². The molecule has 0 aliphatic carbocycles. The van der Waals surface area contributed by atoms with Gasteiger partial charge in [-0.1, -0.05) is 0 Å². The Labute approximate surface area is 105 Å². The number of nitrogens with zero attached hydrogens (tertiary/aromatic N) is 1. The van der Waals surface area contributed by atoms with E-state index in [1.807, 2.05) is 0 Å². The number of rotatable bonds is 4. The summed E-state index contributed by atoms with van der Waals surface area (Å²) in [7, 11) is 0. The van der Waals surface area contributed by atoms with Crippen molar-refractivity contribution in [3.05, 3.63) is 41.8 Å². The molecule has 0 bridgehead atoms. The van der Waals surface area contributed by atoms with Crippen molar-refractivity contribution in [1.82, 2.24) is 4.90 Å². The van der Waals surface area contributed by atoms with E-state index >= 15 is 0 Å². The third kappa shape index (κ3) is 2.68. The molecule has 1 unspecified atom stereocenters. The lowest BCUT2D eigenvalue weighted by Gasteiger charge is -2.29. The monoisotopic (exact) mass is 256 g/mol. The van der Waals surface area contributed by atoms with Crippen LogP contribution in [0.1, 0.15) is 24.4 Å². The van der Waals surface area contributed by atoms with Gasteiger partial charge in [0.1, 0.15) is 17.9 Å². The molecule has 18 heavy (non-hydrogen) atoms. The minimum absolute atomic E-state index is 0.254. The Morgan fingerprint density at radius 1 is 1.44 bits per heavy atom. The third-order valence-electron chi connectivity index (χ3n) is 3.27. The molecule has 0 spiro atoms. The van der Waals surface area contributed by atoms with Crippen LogP contribution in [0, 0.1) is 18.1 Å². The first-order chi connectivity index (χ1) is 8.63. The zero-order chi connectivity index (χ0) is 13.1. The Bertz CT molecular complexity index is 414. The molecule has 1 heterocycles. The molecule has 3 nitrogen and oxygen atoms in total. The van der Waals surface area contributed by atoms with Gasteiger partial charge in [0.15, 0.2) is 0 Å². The molecule has 2 N–H and O–H groups in total. The number of benzene rings is 1. The van der Waals surface area contributed by atoms with E-state index in [-0.39, 0.29) is 18.2 Å². The minimum Gasteiger partial charge on any atom is -0.396 e. The Hall–Kier alpha value is -1.04. The fourth-order valence-corrected chi connectivity index (χ4v) is 2.44. The second kappa shape index (κ2) is 5.73. The predicted octanol–water partition coefficient (Wildman–Crippen LogP) is 1.62. The summed E-state index contributed by atoms with van der Waals surface area (Å²) in [6.07, 6.45) is 1.86. The van der Waals surface area contributed by atoms with Crippen LogP contribution in [0.15, 0.2) is 18.2 Å². The summed E-state index contributed by atoms with van der Waals surface area (Å²) in [5.74, 6) is -0.955. The van der Waals surface area contributed by atoms with Gasteiger partial charge >= 0.3 is 0 Å². The van der Waals surface area contributed by atoms with Gasteiger partial charge in [-0.2, -0.15) is 0 Å². The topological polar surface area (TPSA) is 43.7 Å². The van der Waals surface area contributed by atoms with Crippen molar-refractivity contribution in [1.29, 1.82) is 0 Å². The Balaban J connectivity index is 2.23. The Morgan fingerprint density at radius 3 is 2.94 bits per heavy atom. The zero-order valence-corrected chi connectivity index (χ0v) is 9.89. The van der Waals surface area contributed by atoms with Crippen LogP contribution in [0.25, 0.3) is 0 Å². The molecule has 1 aliphatic rings. The quantitative estimate of drug-likeness (QED) is 0.860. The van der Waals surface area contributed by atoms with Crippen LogP contribution >= 0.6 is 0 Å². The maximum absolute atomic E-state index is 13.7. The van der Waals surface area contributed by atoms with Crippen LogP contribution in [0.2, 0.25) is 0 Å². The molecule has 1 aromatic rings. The highest BCUT2D eigenvalue weighted by Crippen LogP contribution is 2.35. The average molecular weight is 256 g/mol. The van der Waals surface area contributed by atoms with Crippen molar-refractivity contribution < 1.29 is 19.0 Å². The van der Waals surface area contributed by atoms with Crippen LogP contribution in [0.5, 0.6) is 0 Å². The first kappa shape index (κ1) is 13.4. The molecule has 1 saturated heterocycles. The molecule has 2 atom stereocenters. The van der Waals surface area contributed by atoms with Crippen molar-refractivity contribution in [3.63, 3.8) is 0 Å². The predicted molar refractivity (Wildman–Crippen MR) is 62.4 cm³/mol. The summed E-state index contributed by atoms with van der Waals surface area (Å²) in [6, 6.07) is 3.00. The molecule has 0 saturated carbocycles. The fraction of sp³-hybridized carbons (Fsp3) is 0.462. The molecule has 2 rings (SSSR count). The summed E-state index contributed by atoms with van der Waals surface area (Å²) < 4.78 is 26.9. The summed E-state index contributed by atoms with van der Waals surface area (Å²) in [6.45, 7) is 0.342. The van der Waals surface area contributed by atoms with Gasteiger partial charge in [0, 0.05) is 24.6 Å². The minimum atomic E-state index is -0.940. The molecule has 1 fully saturated rings. The average Bonchev–Trinajstić information content (AvgIpc) is 2.81. The van der Waals surface area contributed by atoms with E-state index in [1.165, 1.54) is 12.5 Å². The molecule has 1 aromatic carbocycles. The first-order valence-electron chi connectivity index (χ1n) is 5.96. The smallest absolute Gasteiger partial charge is 0.128 e. The number of hydrogen-bond acceptors (Lipinski definition) is 3. The Kier molecular flexibility index (Phi) is 4.27. The van der Waals surface area contributed by atoms with E-state index in [4.69, 9.17) is 5.11 Å². The van der Waals surface area contributed by atoms with Crippen LogP contribution in [-0.2, 0) is 0 Å². The van der Waals surface area contributed by atoms with Crippen molar-refractivity contribution >= 4 is 0 Å². The lowest BCUT2D eigenvalue weighted by Crippen LogP contribution is -2.36. The molecule has 0 amide bonds. The fourth-order valence-electron chi connectivity index (χ4n) is 2.44. The number of aliphatic hydroxyl groups is 2. The van der Waals surface area contributed by atoms with E-state index < -0.39 is 17.9 Å². The van der Waals surface area contributed by atoms with Crippen LogP contribution in [0.4, 0.5) is 8.78 Å². The molecular weight excluding hydrogens is 240 g/mol. The second-order valence-electron chi connectivity index (χ2n) is 4.39. The lowest BCUT2D eigenvalue weighted by molar-refractivity contribution is 0.0111.